The highest BCUT2D eigenvalue weighted by Gasteiger charge is 2.30. The first kappa shape index (κ1) is 17.2. The van der Waals surface area contributed by atoms with Crippen LogP contribution in [0.2, 0.25) is 0 Å². The molecule has 1 heterocycles. The van der Waals surface area contributed by atoms with E-state index in [2.05, 4.69) is 15.0 Å². The standard InChI is InChI=1S/C14H27N3O2S/c1-5-14(6-2,7-3)17-20(18,19)13-9-12(16-11-13)10-15-8-4/h9,11,15-17H,5-8,10H2,1-4H3. The fourth-order valence-corrected chi connectivity index (χ4v) is 3.88. The van der Waals surface area contributed by atoms with Crippen molar-refractivity contribution < 1.29 is 8.42 Å². The van der Waals surface area contributed by atoms with Crippen LogP contribution in [0.5, 0.6) is 0 Å². The Kier molecular flexibility index (Phi) is 6.23. The maximum absolute atomic E-state index is 12.5. The van der Waals surface area contributed by atoms with Crippen molar-refractivity contribution >= 4 is 10.0 Å². The van der Waals surface area contributed by atoms with Crippen LogP contribution in [0.1, 0.15) is 52.7 Å². The summed E-state index contributed by atoms with van der Waals surface area (Å²) in [4.78, 5) is 3.32. The van der Waals surface area contributed by atoms with E-state index in [4.69, 9.17) is 0 Å². The van der Waals surface area contributed by atoms with Crippen molar-refractivity contribution in [2.45, 2.75) is 63.9 Å². The van der Waals surface area contributed by atoms with E-state index in [0.29, 0.717) is 11.4 Å². The van der Waals surface area contributed by atoms with Crippen LogP contribution < -0.4 is 10.0 Å². The average molecular weight is 301 g/mol. The maximum atomic E-state index is 12.5. The summed E-state index contributed by atoms with van der Waals surface area (Å²) in [6.07, 6.45) is 3.91. The predicted molar refractivity (Wildman–Crippen MR) is 82.1 cm³/mol. The molecule has 0 amide bonds. The van der Waals surface area contributed by atoms with Crippen LogP contribution in [0, 0.1) is 0 Å². The molecular weight excluding hydrogens is 274 g/mol. The van der Waals surface area contributed by atoms with Gasteiger partial charge in [-0.25, -0.2) is 13.1 Å². The minimum Gasteiger partial charge on any atom is -0.363 e. The number of rotatable bonds is 9. The Bertz CT molecular complexity index is 496. The lowest BCUT2D eigenvalue weighted by molar-refractivity contribution is 0.341. The number of H-pyrrole nitrogens is 1. The fourth-order valence-electron chi connectivity index (χ4n) is 2.25. The molecule has 0 saturated carbocycles. The quantitative estimate of drug-likeness (QED) is 0.655. The molecule has 0 spiro atoms. The van der Waals surface area contributed by atoms with Crippen molar-refractivity contribution in [2.24, 2.45) is 0 Å². The number of aromatic amines is 1. The van der Waals surface area contributed by atoms with Crippen molar-refractivity contribution in [3.05, 3.63) is 18.0 Å². The minimum atomic E-state index is -3.47. The third-order valence-corrected chi connectivity index (χ3v) is 5.53. The Labute approximate surface area is 122 Å². The molecule has 0 unspecified atom stereocenters. The summed E-state index contributed by atoms with van der Waals surface area (Å²) < 4.78 is 27.8. The number of hydrogen-bond donors (Lipinski definition) is 3. The van der Waals surface area contributed by atoms with Gasteiger partial charge < -0.3 is 10.3 Å². The van der Waals surface area contributed by atoms with Gasteiger partial charge in [-0.3, -0.25) is 0 Å². The molecule has 0 aliphatic rings. The van der Waals surface area contributed by atoms with E-state index < -0.39 is 10.0 Å². The van der Waals surface area contributed by atoms with Crippen LogP contribution in [0.3, 0.4) is 0 Å². The molecule has 3 N–H and O–H groups in total. The predicted octanol–water partition coefficient (Wildman–Crippen LogP) is 2.37. The zero-order chi connectivity index (χ0) is 15.2. The molecule has 0 bridgehead atoms. The average Bonchev–Trinajstić information content (AvgIpc) is 2.92. The highest BCUT2D eigenvalue weighted by Crippen LogP contribution is 2.23. The van der Waals surface area contributed by atoms with Gasteiger partial charge in [0.05, 0.1) is 4.90 Å². The number of hydrogen-bond acceptors (Lipinski definition) is 3. The normalized spacial score (nSPS) is 12.8. The molecule has 0 aliphatic carbocycles. The van der Waals surface area contributed by atoms with Crippen LogP contribution >= 0.6 is 0 Å². The Morgan fingerprint density at radius 3 is 2.25 bits per heavy atom. The fraction of sp³-hybridized carbons (Fsp3) is 0.714. The highest BCUT2D eigenvalue weighted by molar-refractivity contribution is 7.89. The Balaban J connectivity index is 2.90. The minimum absolute atomic E-state index is 0.310. The molecule has 0 atom stereocenters. The second-order valence-electron chi connectivity index (χ2n) is 5.09. The number of sulfonamides is 1. The largest absolute Gasteiger partial charge is 0.363 e. The zero-order valence-corrected chi connectivity index (χ0v) is 13.7. The summed E-state index contributed by atoms with van der Waals surface area (Å²) in [5.74, 6) is 0. The highest BCUT2D eigenvalue weighted by atomic mass is 32.2. The van der Waals surface area contributed by atoms with E-state index in [1.807, 2.05) is 27.7 Å². The van der Waals surface area contributed by atoms with Crippen LogP contribution in [-0.4, -0.2) is 25.5 Å². The Hall–Kier alpha value is -0.850. The molecule has 0 saturated heterocycles. The van der Waals surface area contributed by atoms with Crippen LogP contribution in [0.25, 0.3) is 0 Å². The number of nitrogens with one attached hydrogen (secondary N) is 3. The first-order valence-corrected chi connectivity index (χ1v) is 8.83. The Morgan fingerprint density at radius 1 is 1.15 bits per heavy atom. The molecule has 0 fully saturated rings. The molecule has 0 aromatic carbocycles. The second kappa shape index (κ2) is 7.24. The van der Waals surface area contributed by atoms with Crippen molar-refractivity contribution in [1.82, 2.24) is 15.0 Å². The van der Waals surface area contributed by atoms with Crippen LogP contribution in [0.15, 0.2) is 17.2 Å². The monoisotopic (exact) mass is 301 g/mol. The first-order chi connectivity index (χ1) is 9.43. The maximum Gasteiger partial charge on any atom is 0.242 e. The zero-order valence-electron chi connectivity index (χ0n) is 12.9. The van der Waals surface area contributed by atoms with Gasteiger partial charge in [0.1, 0.15) is 0 Å². The van der Waals surface area contributed by atoms with E-state index in [1.54, 1.807) is 12.3 Å². The number of aromatic nitrogens is 1. The second-order valence-corrected chi connectivity index (χ2v) is 6.77. The van der Waals surface area contributed by atoms with Crippen molar-refractivity contribution in [1.29, 1.82) is 0 Å². The molecule has 1 rings (SSSR count). The lowest BCUT2D eigenvalue weighted by Crippen LogP contribution is -2.46. The molecule has 5 nitrogen and oxygen atoms in total. The van der Waals surface area contributed by atoms with E-state index in [-0.39, 0.29) is 5.54 Å². The van der Waals surface area contributed by atoms with Crippen molar-refractivity contribution in [3.8, 4) is 0 Å². The molecule has 0 radical (unpaired) electrons. The summed E-state index contributed by atoms with van der Waals surface area (Å²) in [7, 11) is -3.47. The molecule has 20 heavy (non-hydrogen) atoms. The summed E-state index contributed by atoms with van der Waals surface area (Å²) in [5, 5.41) is 3.16. The third-order valence-electron chi connectivity index (χ3n) is 3.97. The molecule has 1 aromatic rings. The SMILES string of the molecule is CCNCc1cc(S(=O)(=O)NC(CC)(CC)CC)c[nH]1. The van der Waals surface area contributed by atoms with Gasteiger partial charge in [0, 0.05) is 24.0 Å². The van der Waals surface area contributed by atoms with Crippen LogP contribution in [-0.2, 0) is 16.6 Å². The van der Waals surface area contributed by atoms with Gasteiger partial charge in [-0.1, -0.05) is 27.7 Å². The smallest absolute Gasteiger partial charge is 0.242 e. The van der Waals surface area contributed by atoms with Gasteiger partial charge >= 0.3 is 0 Å². The van der Waals surface area contributed by atoms with Gasteiger partial charge in [0.2, 0.25) is 10.0 Å². The lowest BCUT2D eigenvalue weighted by Gasteiger charge is -2.31. The summed E-state index contributed by atoms with van der Waals surface area (Å²) in [6, 6.07) is 1.69. The third kappa shape index (κ3) is 4.07. The molecule has 116 valence electrons. The van der Waals surface area contributed by atoms with Gasteiger partial charge in [0.25, 0.3) is 0 Å². The van der Waals surface area contributed by atoms with Gasteiger partial charge in [0.15, 0.2) is 0 Å². The molecular formula is C14H27N3O2S. The van der Waals surface area contributed by atoms with Gasteiger partial charge in [-0.15, -0.1) is 0 Å². The lowest BCUT2D eigenvalue weighted by atomic mass is 9.91. The van der Waals surface area contributed by atoms with Gasteiger partial charge in [-0.05, 0) is 31.9 Å². The van der Waals surface area contributed by atoms with E-state index in [9.17, 15) is 8.42 Å². The molecule has 0 aliphatic heterocycles. The first-order valence-electron chi connectivity index (χ1n) is 7.35. The molecule has 6 heteroatoms. The van der Waals surface area contributed by atoms with Crippen molar-refractivity contribution in [2.75, 3.05) is 6.54 Å². The topological polar surface area (TPSA) is 74.0 Å². The Morgan fingerprint density at radius 2 is 1.75 bits per heavy atom. The van der Waals surface area contributed by atoms with E-state index >= 15 is 0 Å². The molecule has 1 aromatic heterocycles. The van der Waals surface area contributed by atoms with Crippen molar-refractivity contribution in [3.63, 3.8) is 0 Å². The van der Waals surface area contributed by atoms with Crippen LogP contribution in [0.4, 0.5) is 0 Å². The van der Waals surface area contributed by atoms with E-state index in [1.165, 1.54) is 0 Å². The summed E-state index contributed by atoms with van der Waals surface area (Å²) >= 11 is 0. The van der Waals surface area contributed by atoms with Gasteiger partial charge in [-0.2, -0.15) is 0 Å². The summed E-state index contributed by atoms with van der Waals surface area (Å²) in [5.41, 5.74) is 0.528. The summed E-state index contributed by atoms with van der Waals surface area (Å²) in [6.45, 7) is 9.56. The van der Waals surface area contributed by atoms with E-state index in [0.717, 1.165) is 31.5 Å².